The molecule has 0 aromatic heterocycles. The normalized spacial score (nSPS) is 23.6. The maximum atomic E-state index is 3.68. The van der Waals surface area contributed by atoms with Crippen LogP contribution in [0.4, 0.5) is 5.69 Å². The lowest BCUT2D eigenvalue weighted by molar-refractivity contribution is 0.153. The average Bonchev–Trinajstić information content (AvgIpc) is 2.40. The molecular weight excluding hydrogens is 242 g/mol. The molecule has 1 fully saturated rings. The summed E-state index contributed by atoms with van der Waals surface area (Å²) in [5, 5.41) is 3.68. The van der Waals surface area contributed by atoms with Crippen LogP contribution in [0.3, 0.4) is 0 Å². The summed E-state index contributed by atoms with van der Waals surface area (Å²) in [7, 11) is 0. The summed E-state index contributed by atoms with van der Waals surface area (Å²) in [4.78, 5) is 0. The average molecular weight is 273 g/mol. The molecule has 1 aromatic rings. The van der Waals surface area contributed by atoms with E-state index in [4.69, 9.17) is 0 Å². The summed E-state index contributed by atoms with van der Waals surface area (Å²) < 4.78 is 0. The summed E-state index contributed by atoms with van der Waals surface area (Å²) >= 11 is 0. The zero-order valence-electron chi connectivity index (χ0n) is 13.9. The van der Waals surface area contributed by atoms with Crippen LogP contribution in [-0.4, -0.2) is 6.54 Å². The first-order valence-electron chi connectivity index (χ1n) is 8.18. The number of aryl methyl sites for hydroxylation is 1. The summed E-state index contributed by atoms with van der Waals surface area (Å²) in [6.45, 7) is 12.7. The lowest BCUT2D eigenvalue weighted by atomic mass is 9.70. The van der Waals surface area contributed by atoms with Crippen molar-refractivity contribution >= 4 is 5.69 Å². The Morgan fingerprint density at radius 2 is 1.70 bits per heavy atom. The highest BCUT2D eigenvalue weighted by Gasteiger charge is 2.29. The van der Waals surface area contributed by atoms with Crippen LogP contribution in [0.5, 0.6) is 0 Å². The molecule has 1 aromatic carbocycles. The molecule has 1 heteroatoms. The van der Waals surface area contributed by atoms with Crippen molar-refractivity contribution in [2.75, 3.05) is 11.9 Å². The second kappa shape index (κ2) is 6.20. The first-order valence-corrected chi connectivity index (χ1v) is 8.18. The van der Waals surface area contributed by atoms with Crippen LogP contribution in [0.2, 0.25) is 0 Å². The van der Waals surface area contributed by atoms with E-state index in [0.717, 1.165) is 18.4 Å². The Bertz CT molecular complexity index is 434. The minimum Gasteiger partial charge on any atom is -0.385 e. The molecule has 20 heavy (non-hydrogen) atoms. The predicted molar refractivity (Wildman–Crippen MR) is 89.3 cm³/mol. The third-order valence-electron chi connectivity index (χ3n) is 5.26. The molecule has 1 saturated carbocycles. The Morgan fingerprint density at radius 3 is 2.30 bits per heavy atom. The van der Waals surface area contributed by atoms with Crippen LogP contribution in [0, 0.1) is 31.1 Å². The fraction of sp³-hybridized carbons (Fsp3) is 0.684. The van der Waals surface area contributed by atoms with Crippen LogP contribution < -0.4 is 5.32 Å². The van der Waals surface area contributed by atoms with Gasteiger partial charge in [0.05, 0.1) is 0 Å². The van der Waals surface area contributed by atoms with Gasteiger partial charge in [-0.25, -0.2) is 0 Å². The number of nitrogens with one attached hydrogen (secondary N) is 1. The molecule has 1 nitrogen and oxygen atoms in total. The van der Waals surface area contributed by atoms with Gasteiger partial charge in [0.1, 0.15) is 0 Å². The van der Waals surface area contributed by atoms with Crippen molar-refractivity contribution in [1.82, 2.24) is 0 Å². The zero-order chi connectivity index (χ0) is 14.8. The SMILES string of the molecule is Cc1cccc(NCC2CCC(C(C)(C)C)CC2)c1C. The fourth-order valence-electron chi connectivity index (χ4n) is 3.43. The van der Waals surface area contributed by atoms with Crippen molar-refractivity contribution < 1.29 is 0 Å². The van der Waals surface area contributed by atoms with E-state index in [-0.39, 0.29) is 0 Å². The fourth-order valence-corrected chi connectivity index (χ4v) is 3.43. The summed E-state index contributed by atoms with van der Waals surface area (Å²) in [6.07, 6.45) is 5.59. The molecule has 0 heterocycles. The van der Waals surface area contributed by atoms with Gasteiger partial charge in [0.2, 0.25) is 0 Å². The monoisotopic (exact) mass is 273 g/mol. The molecule has 0 aliphatic heterocycles. The molecule has 1 N–H and O–H groups in total. The zero-order valence-corrected chi connectivity index (χ0v) is 13.9. The Balaban J connectivity index is 1.83. The van der Waals surface area contributed by atoms with Crippen LogP contribution in [0.25, 0.3) is 0 Å². The second-order valence-electron chi connectivity index (χ2n) is 7.71. The Labute approximate surface area is 125 Å². The lowest BCUT2D eigenvalue weighted by Gasteiger charge is -2.37. The van der Waals surface area contributed by atoms with Crippen LogP contribution >= 0.6 is 0 Å². The van der Waals surface area contributed by atoms with Gasteiger partial charge < -0.3 is 5.32 Å². The van der Waals surface area contributed by atoms with E-state index in [1.54, 1.807) is 0 Å². The molecule has 0 spiro atoms. The minimum atomic E-state index is 0.492. The maximum absolute atomic E-state index is 3.68. The number of rotatable bonds is 3. The standard InChI is InChI=1S/C19H31N/c1-14-7-6-8-18(15(14)2)20-13-16-9-11-17(12-10-16)19(3,4)5/h6-8,16-17,20H,9-13H2,1-5H3. The van der Waals surface area contributed by atoms with Crippen molar-refractivity contribution in [3.05, 3.63) is 29.3 Å². The Morgan fingerprint density at radius 1 is 1.05 bits per heavy atom. The highest BCUT2D eigenvalue weighted by Crippen LogP contribution is 2.39. The van der Waals surface area contributed by atoms with Crippen molar-refractivity contribution in [3.63, 3.8) is 0 Å². The first-order chi connectivity index (χ1) is 9.38. The largest absolute Gasteiger partial charge is 0.385 e. The number of hydrogen-bond donors (Lipinski definition) is 1. The smallest absolute Gasteiger partial charge is 0.0372 e. The van der Waals surface area contributed by atoms with E-state index in [1.807, 2.05) is 0 Å². The summed E-state index contributed by atoms with van der Waals surface area (Å²) in [5.74, 6) is 1.77. The molecule has 0 amide bonds. The third kappa shape index (κ3) is 3.77. The molecule has 0 unspecified atom stereocenters. The molecule has 1 aliphatic carbocycles. The third-order valence-corrected chi connectivity index (χ3v) is 5.26. The Hall–Kier alpha value is -0.980. The second-order valence-corrected chi connectivity index (χ2v) is 7.71. The van der Waals surface area contributed by atoms with E-state index in [9.17, 15) is 0 Å². The molecule has 0 bridgehead atoms. The van der Waals surface area contributed by atoms with Gasteiger partial charge in [-0.1, -0.05) is 32.9 Å². The van der Waals surface area contributed by atoms with Gasteiger partial charge in [-0.15, -0.1) is 0 Å². The van der Waals surface area contributed by atoms with Gasteiger partial charge >= 0.3 is 0 Å². The van der Waals surface area contributed by atoms with E-state index in [1.165, 1.54) is 42.5 Å². The lowest BCUT2D eigenvalue weighted by Crippen LogP contribution is -2.28. The number of hydrogen-bond acceptors (Lipinski definition) is 1. The predicted octanol–water partition coefficient (Wildman–Crippen LogP) is 5.57. The summed E-state index contributed by atoms with van der Waals surface area (Å²) in [6, 6.07) is 6.55. The van der Waals surface area contributed by atoms with Crippen molar-refractivity contribution in [3.8, 4) is 0 Å². The summed E-state index contributed by atoms with van der Waals surface area (Å²) in [5.41, 5.74) is 4.59. The maximum Gasteiger partial charge on any atom is 0.0372 e. The molecule has 0 radical (unpaired) electrons. The van der Waals surface area contributed by atoms with Gasteiger partial charge in [-0.2, -0.15) is 0 Å². The van der Waals surface area contributed by atoms with E-state index >= 15 is 0 Å². The molecule has 0 saturated heterocycles. The van der Waals surface area contributed by atoms with Gasteiger partial charge in [-0.05, 0) is 74.0 Å². The van der Waals surface area contributed by atoms with Gasteiger partial charge in [0, 0.05) is 12.2 Å². The first kappa shape index (κ1) is 15.4. The van der Waals surface area contributed by atoms with E-state index < -0.39 is 0 Å². The highest BCUT2D eigenvalue weighted by molar-refractivity contribution is 5.53. The van der Waals surface area contributed by atoms with E-state index in [2.05, 4.69) is 58.1 Å². The van der Waals surface area contributed by atoms with Gasteiger partial charge in [0.25, 0.3) is 0 Å². The van der Waals surface area contributed by atoms with Crippen molar-refractivity contribution in [1.29, 1.82) is 0 Å². The minimum absolute atomic E-state index is 0.492. The number of benzene rings is 1. The quantitative estimate of drug-likeness (QED) is 0.759. The van der Waals surface area contributed by atoms with Crippen LogP contribution in [-0.2, 0) is 0 Å². The van der Waals surface area contributed by atoms with Crippen molar-refractivity contribution in [2.45, 2.75) is 60.3 Å². The van der Waals surface area contributed by atoms with Gasteiger partial charge in [0.15, 0.2) is 0 Å². The van der Waals surface area contributed by atoms with E-state index in [0.29, 0.717) is 5.41 Å². The highest BCUT2D eigenvalue weighted by atomic mass is 14.9. The van der Waals surface area contributed by atoms with Crippen molar-refractivity contribution in [2.24, 2.45) is 17.3 Å². The molecular formula is C19H31N. The topological polar surface area (TPSA) is 12.0 Å². The Kier molecular flexibility index (Phi) is 4.78. The molecule has 1 aliphatic rings. The number of anilines is 1. The van der Waals surface area contributed by atoms with Crippen LogP contribution in [0.15, 0.2) is 18.2 Å². The van der Waals surface area contributed by atoms with Gasteiger partial charge in [-0.3, -0.25) is 0 Å². The molecule has 0 atom stereocenters. The molecule has 112 valence electrons. The van der Waals surface area contributed by atoms with Crippen LogP contribution in [0.1, 0.15) is 57.6 Å². The molecule has 2 rings (SSSR count).